The molecule has 5 aliphatic rings. The van der Waals surface area contributed by atoms with E-state index in [0.29, 0.717) is 70.4 Å². The molecular formula is C63H87BBr2N10O11. The molecule has 10 heterocycles. The maximum atomic E-state index is 12.5. The average molecular weight is 1330 g/mol. The fraction of sp³-hybridized carbons (Fsp3) is 0.540. The number of rotatable bonds is 5. The Bertz CT molecular complexity index is 3150. The molecular weight excluding hydrogens is 1240 g/mol. The molecule has 0 saturated carbocycles. The fourth-order valence-corrected chi connectivity index (χ4v) is 10.2. The van der Waals surface area contributed by atoms with Crippen LogP contribution in [0.25, 0.3) is 11.1 Å². The van der Waals surface area contributed by atoms with Crippen LogP contribution in [0, 0.1) is 5.92 Å². The van der Waals surface area contributed by atoms with Gasteiger partial charge in [-0.3, -0.25) is 29.5 Å². The van der Waals surface area contributed by atoms with E-state index in [0.717, 1.165) is 97.7 Å². The van der Waals surface area contributed by atoms with Gasteiger partial charge in [0.2, 0.25) is 0 Å². The lowest BCUT2D eigenvalue weighted by Gasteiger charge is -2.32. The zero-order chi connectivity index (χ0) is 64.1. The predicted octanol–water partition coefficient (Wildman–Crippen LogP) is 11.7. The number of nitrogens with two attached hydrogens (primary N) is 2. The number of fused-ring (bicyclic) bond motifs is 3. The highest BCUT2D eigenvalue weighted by atomic mass is 79.9. The third-order valence-electron chi connectivity index (χ3n) is 14.4. The Balaban J connectivity index is 0.000000184. The Morgan fingerprint density at radius 1 is 0.575 bits per heavy atom. The summed E-state index contributed by atoms with van der Waals surface area (Å²) in [6.07, 6.45) is 18.0. The number of ether oxygens (including phenoxy) is 4. The molecule has 0 atom stereocenters. The van der Waals surface area contributed by atoms with E-state index in [1.807, 2.05) is 114 Å². The van der Waals surface area contributed by atoms with E-state index >= 15 is 0 Å². The number of hydrogen-bond acceptors (Lipinski definition) is 17. The summed E-state index contributed by atoms with van der Waals surface area (Å²) in [6.45, 7) is 29.0. The molecule has 472 valence electrons. The Labute approximate surface area is 529 Å². The molecule has 21 nitrogen and oxygen atoms in total. The molecule has 24 heteroatoms. The summed E-state index contributed by atoms with van der Waals surface area (Å²) in [7, 11) is -0.449. The average Bonchev–Trinajstić information content (AvgIpc) is 1.86. The van der Waals surface area contributed by atoms with Crippen molar-refractivity contribution >= 4 is 86.1 Å². The van der Waals surface area contributed by atoms with Crippen molar-refractivity contribution in [1.29, 1.82) is 0 Å². The highest BCUT2D eigenvalue weighted by Gasteiger charge is 2.52. The second-order valence-corrected chi connectivity index (χ2v) is 27.4. The van der Waals surface area contributed by atoms with Gasteiger partial charge in [0.15, 0.2) is 0 Å². The number of nitrogens with zero attached hydrogens (tertiary/aromatic N) is 8. The lowest BCUT2D eigenvalue weighted by Crippen LogP contribution is -2.42. The van der Waals surface area contributed by atoms with Crippen molar-refractivity contribution in [2.75, 3.05) is 47.5 Å². The van der Waals surface area contributed by atoms with E-state index in [2.05, 4.69) is 62.8 Å². The second-order valence-electron chi connectivity index (χ2n) is 25.6. The molecule has 2 saturated heterocycles. The molecule has 0 radical (unpaired) electrons. The molecule has 5 N–H and O–H groups in total. The van der Waals surface area contributed by atoms with Crippen molar-refractivity contribution in [3.05, 3.63) is 110 Å². The van der Waals surface area contributed by atoms with Gasteiger partial charge < -0.3 is 44.8 Å². The van der Waals surface area contributed by atoms with Crippen molar-refractivity contribution in [2.24, 2.45) is 17.4 Å². The molecule has 87 heavy (non-hydrogen) atoms. The zero-order valence-electron chi connectivity index (χ0n) is 52.7. The summed E-state index contributed by atoms with van der Waals surface area (Å²) in [5, 5.41) is 8.48. The lowest BCUT2D eigenvalue weighted by molar-refractivity contribution is -0.144. The van der Waals surface area contributed by atoms with Gasteiger partial charge in [0, 0.05) is 115 Å². The van der Waals surface area contributed by atoms with Crippen LogP contribution in [-0.2, 0) is 65.4 Å². The minimum atomic E-state index is -0.682. The number of aliphatic carboxylic acids is 1. The number of pyridine rings is 5. The number of carbonyl (C=O) groups is 4. The van der Waals surface area contributed by atoms with Crippen molar-refractivity contribution in [2.45, 2.75) is 182 Å². The van der Waals surface area contributed by atoms with Crippen molar-refractivity contribution < 1.29 is 52.5 Å². The highest BCUT2D eigenvalue weighted by Crippen LogP contribution is 2.38. The largest absolute Gasteiger partial charge is 0.496 e. The normalized spacial score (nSPS) is 16.9. The van der Waals surface area contributed by atoms with Gasteiger partial charge in [-0.2, -0.15) is 0 Å². The van der Waals surface area contributed by atoms with Gasteiger partial charge in [-0.25, -0.2) is 29.3 Å². The quantitative estimate of drug-likeness (QED) is 0.109. The first-order valence-electron chi connectivity index (χ1n) is 29.5. The van der Waals surface area contributed by atoms with Crippen LogP contribution in [0.3, 0.4) is 0 Å². The van der Waals surface area contributed by atoms with Crippen LogP contribution in [0.1, 0.15) is 150 Å². The van der Waals surface area contributed by atoms with Gasteiger partial charge in [-0.1, -0.05) is 6.07 Å². The van der Waals surface area contributed by atoms with Crippen LogP contribution in [0.4, 0.5) is 31.8 Å². The van der Waals surface area contributed by atoms with Crippen molar-refractivity contribution in [3.63, 3.8) is 0 Å². The van der Waals surface area contributed by atoms with Crippen LogP contribution < -0.4 is 31.6 Å². The zero-order valence-corrected chi connectivity index (χ0v) is 55.9. The van der Waals surface area contributed by atoms with E-state index in [1.54, 1.807) is 58.1 Å². The Kier molecular flexibility index (Phi) is 24.4. The van der Waals surface area contributed by atoms with Crippen LogP contribution in [0.15, 0.2) is 82.7 Å². The maximum absolute atomic E-state index is 12.5. The van der Waals surface area contributed by atoms with E-state index < -0.39 is 41.1 Å². The molecule has 5 aromatic heterocycles. The summed E-state index contributed by atoms with van der Waals surface area (Å²) < 4.78 is 35.5. The number of aromatic nitrogens is 5. The number of amides is 3. The molecule has 2 fully saturated rings. The van der Waals surface area contributed by atoms with Crippen LogP contribution >= 0.6 is 31.9 Å². The molecule has 0 spiro atoms. The standard InChI is InChI=1S/C19H29BN2O4.C19H24N4O2.C13H17BrN2O2.C6H7BrN2.C6H10O3/c1-17(2,3)24-16(23)22-10-8-9-13-11-14(12-21-15(13)22)20-25-18(4,5)19(6,7)26-20;1-19(2,3)25-18(24)23-6-4-5-14-8-16(12-22-17(14)23)15-7-13(9-20)10-21-11-15;1-13(2,3)18-12(17)16-6-4-5-9-7-10(14)8-15-11(9)16;7-6-1-5(2-8)3-9-4-6;7-6(8)5-1-3-9-4-2-5/h11-12H,8-10H2,1-7H3;7-8,10-12H,4-6,9,20H2,1-3H3;7-8H,4-6H2,1-3H3;1,3-4H,2,8H2;5H,1-4H2,(H,7,8). The van der Waals surface area contributed by atoms with Crippen LogP contribution in [0.5, 0.6) is 0 Å². The van der Waals surface area contributed by atoms with Gasteiger partial charge in [0.25, 0.3) is 0 Å². The van der Waals surface area contributed by atoms with Gasteiger partial charge in [0.1, 0.15) is 34.3 Å². The van der Waals surface area contributed by atoms with Gasteiger partial charge in [0.05, 0.1) is 17.1 Å². The van der Waals surface area contributed by atoms with E-state index in [-0.39, 0.29) is 24.2 Å². The molecule has 0 bridgehead atoms. The Morgan fingerprint density at radius 2 is 0.977 bits per heavy atom. The van der Waals surface area contributed by atoms with Crippen molar-refractivity contribution in [1.82, 2.24) is 24.9 Å². The summed E-state index contributed by atoms with van der Waals surface area (Å²) in [5.41, 5.74) is 16.8. The number of carbonyl (C=O) groups excluding carboxylic acids is 3. The van der Waals surface area contributed by atoms with Gasteiger partial charge in [-0.15, -0.1) is 0 Å². The minimum absolute atomic E-state index is 0.154. The molecule has 5 aromatic rings. The number of hydrogen-bond donors (Lipinski definition) is 3. The number of carboxylic acid groups (broad SMARTS) is 1. The molecule has 0 aliphatic carbocycles. The third-order valence-corrected chi connectivity index (χ3v) is 15.2. The molecule has 10 rings (SSSR count). The molecule has 0 aromatic carbocycles. The smallest absolute Gasteiger partial charge is 0.481 e. The number of aryl methyl sites for hydroxylation is 3. The second kappa shape index (κ2) is 30.4. The Hall–Kier alpha value is -6.15. The predicted molar refractivity (Wildman–Crippen MR) is 344 cm³/mol. The Morgan fingerprint density at radius 3 is 1.40 bits per heavy atom. The maximum Gasteiger partial charge on any atom is 0.496 e. The number of halogens is 2. The summed E-state index contributed by atoms with van der Waals surface area (Å²) >= 11 is 6.68. The van der Waals surface area contributed by atoms with E-state index in [4.69, 9.17) is 44.8 Å². The van der Waals surface area contributed by atoms with E-state index in [9.17, 15) is 19.2 Å². The fourth-order valence-electron chi connectivity index (χ4n) is 9.40. The monoisotopic (exact) mass is 1330 g/mol. The molecule has 0 unspecified atom stereocenters. The van der Waals surface area contributed by atoms with E-state index in [1.165, 1.54) is 0 Å². The third kappa shape index (κ3) is 20.7. The van der Waals surface area contributed by atoms with Gasteiger partial charge in [-0.05, 0) is 225 Å². The molecule has 5 aliphatic heterocycles. The lowest BCUT2D eigenvalue weighted by atomic mass is 9.79. The number of carboxylic acids is 1. The molecule has 3 amide bonds. The first kappa shape index (κ1) is 69.9. The van der Waals surface area contributed by atoms with Crippen LogP contribution in [-0.4, -0.2) is 122 Å². The van der Waals surface area contributed by atoms with Gasteiger partial charge >= 0.3 is 31.4 Å². The first-order valence-corrected chi connectivity index (χ1v) is 31.1. The topological polar surface area (TPSA) is 270 Å². The highest BCUT2D eigenvalue weighted by molar-refractivity contribution is 9.10. The minimum Gasteiger partial charge on any atom is -0.481 e. The van der Waals surface area contributed by atoms with Crippen molar-refractivity contribution in [3.8, 4) is 11.1 Å². The summed E-state index contributed by atoms with van der Waals surface area (Å²) in [5.74, 6) is 1.24. The SMILES string of the molecule is CC(C)(C)OC(=O)N1CCCc2cc(-c3cncc(CN)c3)cnc21.CC(C)(C)OC(=O)N1CCCc2cc(B3OC(C)(C)C(C)(C)O3)cnc21.CC(C)(C)OC(=O)N1CCCc2cc(Br)cnc21.NCc1cncc(Br)c1.O=C(O)C1CCOCC1. The number of anilines is 3. The van der Waals surface area contributed by atoms with Crippen LogP contribution in [0.2, 0.25) is 0 Å². The summed E-state index contributed by atoms with van der Waals surface area (Å²) in [4.78, 5) is 73.8. The summed E-state index contributed by atoms with van der Waals surface area (Å²) in [6, 6.07) is 10.1. The first-order chi connectivity index (χ1) is 40.8.